The Labute approximate surface area is 92.5 Å². The van der Waals surface area contributed by atoms with E-state index in [4.69, 9.17) is 0 Å². The maximum Gasteiger partial charge on any atom is 0.128 e. The standard InChI is InChI=1S/C11H17N3.CH4/c1-14(10-5-8-12-9-6-10)11-4-2-3-7-13-11;/h2-4,7,10,12H,5-6,8-9H2,1H3;1H4. The van der Waals surface area contributed by atoms with Crippen LogP contribution in [-0.2, 0) is 0 Å². The molecule has 0 amide bonds. The summed E-state index contributed by atoms with van der Waals surface area (Å²) in [5.74, 6) is 1.08. The Hall–Kier alpha value is -1.09. The van der Waals surface area contributed by atoms with Gasteiger partial charge in [0.1, 0.15) is 5.82 Å². The molecule has 1 aliphatic rings. The molecule has 15 heavy (non-hydrogen) atoms. The van der Waals surface area contributed by atoms with Crippen molar-refractivity contribution >= 4 is 5.82 Å². The predicted molar refractivity (Wildman–Crippen MR) is 65.3 cm³/mol. The number of pyridine rings is 1. The minimum atomic E-state index is 0. The summed E-state index contributed by atoms with van der Waals surface area (Å²) < 4.78 is 0. The zero-order valence-corrected chi connectivity index (χ0v) is 8.61. The van der Waals surface area contributed by atoms with Gasteiger partial charge >= 0.3 is 0 Å². The Morgan fingerprint density at radius 3 is 2.67 bits per heavy atom. The molecule has 1 fully saturated rings. The van der Waals surface area contributed by atoms with Crippen molar-refractivity contribution in [1.82, 2.24) is 10.3 Å². The van der Waals surface area contributed by atoms with Gasteiger partial charge in [0.15, 0.2) is 0 Å². The van der Waals surface area contributed by atoms with Gasteiger partial charge < -0.3 is 10.2 Å². The van der Waals surface area contributed by atoms with Crippen LogP contribution in [0.25, 0.3) is 0 Å². The van der Waals surface area contributed by atoms with Crippen LogP contribution in [0.1, 0.15) is 20.3 Å². The fourth-order valence-electron chi connectivity index (χ4n) is 1.94. The van der Waals surface area contributed by atoms with Crippen LogP contribution in [0.2, 0.25) is 0 Å². The first kappa shape index (κ1) is 12.0. The quantitative estimate of drug-likeness (QED) is 0.803. The first-order valence-corrected chi connectivity index (χ1v) is 5.22. The number of hydrogen-bond donors (Lipinski definition) is 1. The highest BCUT2D eigenvalue weighted by atomic mass is 15.2. The lowest BCUT2D eigenvalue weighted by Crippen LogP contribution is -2.41. The maximum atomic E-state index is 4.36. The van der Waals surface area contributed by atoms with Crippen molar-refractivity contribution in [1.29, 1.82) is 0 Å². The molecule has 2 rings (SSSR count). The zero-order valence-electron chi connectivity index (χ0n) is 8.61. The monoisotopic (exact) mass is 207 g/mol. The van der Waals surface area contributed by atoms with Gasteiger partial charge in [0.05, 0.1) is 0 Å². The molecule has 3 heteroatoms. The second-order valence-electron chi connectivity index (χ2n) is 3.78. The molecule has 1 aliphatic heterocycles. The van der Waals surface area contributed by atoms with E-state index in [1.165, 1.54) is 12.8 Å². The summed E-state index contributed by atoms with van der Waals surface area (Å²) >= 11 is 0. The molecule has 0 unspecified atom stereocenters. The van der Waals surface area contributed by atoms with E-state index in [1.54, 1.807) is 0 Å². The van der Waals surface area contributed by atoms with Gasteiger partial charge in [0.2, 0.25) is 0 Å². The summed E-state index contributed by atoms with van der Waals surface area (Å²) in [7, 11) is 2.14. The normalized spacial score (nSPS) is 16.9. The van der Waals surface area contributed by atoms with Gasteiger partial charge in [0, 0.05) is 19.3 Å². The molecule has 3 nitrogen and oxygen atoms in total. The number of piperidine rings is 1. The molecule has 0 bridgehead atoms. The van der Waals surface area contributed by atoms with Crippen LogP contribution in [0.3, 0.4) is 0 Å². The molecular weight excluding hydrogens is 186 g/mol. The van der Waals surface area contributed by atoms with Crippen LogP contribution in [0.5, 0.6) is 0 Å². The zero-order chi connectivity index (χ0) is 9.80. The van der Waals surface area contributed by atoms with E-state index in [0.29, 0.717) is 6.04 Å². The van der Waals surface area contributed by atoms with E-state index in [0.717, 1.165) is 18.9 Å². The highest BCUT2D eigenvalue weighted by Gasteiger charge is 2.18. The van der Waals surface area contributed by atoms with E-state index in [1.807, 2.05) is 18.3 Å². The van der Waals surface area contributed by atoms with Crippen molar-refractivity contribution in [2.75, 3.05) is 25.0 Å². The number of aromatic nitrogens is 1. The van der Waals surface area contributed by atoms with Crippen LogP contribution < -0.4 is 10.2 Å². The summed E-state index contributed by atoms with van der Waals surface area (Å²) in [5, 5.41) is 3.37. The van der Waals surface area contributed by atoms with Crippen molar-refractivity contribution in [2.45, 2.75) is 26.3 Å². The largest absolute Gasteiger partial charge is 0.357 e. The lowest BCUT2D eigenvalue weighted by molar-refractivity contribution is 0.442. The molecule has 2 heterocycles. The fourth-order valence-corrected chi connectivity index (χ4v) is 1.94. The molecule has 1 aromatic rings. The third-order valence-corrected chi connectivity index (χ3v) is 2.87. The third kappa shape index (κ3) is 2.93. The number of hydrogen-bond acceptors (Lipinski definition) is 3. The topological polar surface area (TPSA) is 28.2 Å². The van der Waals surface area contributed by atoms with Crippen molar-refractivity contribution in [2.24, 2.45) is 0 Å². The third-order valence-electron chi connectivity index (χ3n) is 2.87. The molecule has 0 spiro atoms. The molecular formula is C12H21N3. The van der Waals surface area contributed by atoms with Gasteiger partial charge in [-0.3, -0.25) is 0 Å². The van der Waals surface area contributed by atoms with Gasteiger partial charge in [-0.25, -0.2) is 4.98 Å². The Bertz CT molecular complexity index is 267. The van der Waals surface area contributed by atoms with Gasteiger partial charge in [-0.15, -0.1) is 0 Å². The van der Waals surface area contributed by atoms with Gasteiger partial charge in [0.25, 0.3) is 0 Å². The molecule has 1 aromatic heterocycles. The minimum absolute atomic E-state index is 0. The van der Waals surface area contributed by atoms with Gasteiger partial charge in [-0.2, -0.15) is 0 Å². The second kappa shape index (κ2) is 5.71. The molecule has 1 N–H and O–H groups in total. The van der Waals surface area contributed by atoms with Crippen LogP contribution in [0.4, 0.5) is 5.82 Å². The summed E-state index contributed by atoms with van der Waals surface area (Å²) in [6.07, 6.45) is 4.28. The average Bonchev–Trinajstić information content (AvgIpc) is 2.30. The molecule has 0 radical (unpaired) electrons. The summed E-state index contributed by atoms with van der Waals surface area (Å²) in [6, 6.07) is 6.72. The van der Waals surface area contributed by atoms with Crippen LogP contribution in [-0.4, -0.2) is 31.2 Å². The first-order chi connectivity index (χ1) is 6.88. The number of nitrogens with one attached hydrogen (secondary N) is 1. The lowest BCUT2D eigenvalue weighted by Gasteiger charge is -2.32. The van der Waals surface area contributed by atoms with E-state index in [2.05, 4.69) is 28.3 Å². The highest BCUT2D eigenvalue weighted by Crippen LogP contribution is 2.16. The second-order valence-corrected chi connectivity index (χ2v) is 3.78. The molecule has 0 saturated carbocycles. The van der Waals surface area contributed by atoms with Crippen LogP contribution in [0.15, 0.2) is 24.4 Å². The van der Waals surface area contributed by atoms with E-state index in [9.17, 15) is 0 Å². The molecule has 84 valence electrons. The Balaban J connectivity index is 0.00000112. The number of anilines is 1. The maximum absolute atomic E-state index is 4.36. The summed E-state index contributed by atoms with van der Waals surface area (Å²) in [4.78, 5) is 6.65. The van der Waals surface area contributed by atoms with E-state index < -0.39 is 0 Å². The minimum Gasteiger partial charge on any atom is -0.357 e. The van der Waals surface area contributed by atoms with Crippen molar-refractivity contribution in [3.8, 4) is 0 Å². The predicted octanol–water partition coefficient (Wildman–Crippen LogP) is 1.91. The lowest BCUT2D eigenvalue weighted by atomic mass is 10.1. The molecule has 0 aliphatic carbocycles. The highest BCUT2D eigenvalue weighted by molar-refractivity contribution is 5.37. The Morgan fingerprint density at radius 2 is 2.07 bits per heavy atom. The van der Waals surface area contributed by atoms with Crippen molar-refractivity contribution in [3.63, 3.8) is 0 Å². The van der Waals surface area contributed by atoms with Gasteiger partial charge in [-0.1, -0.05) is 13.5 Å². The van der Waals surface area contributed by atoms with E-state index in [-0.39, 0.29) is 7.43 Å². The Kier molecular flexibility index (Phi) is 4.56. The van der Waals surface area contributed by atoms with Crippen molar-refractivity contribution < 1.29 is 0 Å². The summed E-state index contributed by atoms with van der Waals surface area (Å²) in [6.45, 7) is 2.25. The number of nitrogens with zero attached hydrogens (tertiary/aromatic N) is 2. The van der Waals surface area contributed by atoms with E-state index >= 15 is 0 Å². The Morgan fingerprint density at radius 1 is 1.33 bits per heavy atom. The van der Waals surface area contributed by atoms with Gasteiger partial charge in [-0.05, 0) is 38.1 Å². The SMILES string of the molecule is C.CN(c1ccccn1)C1CCNCC1. The van der Waals surface area contributed by atoms with Crippen LogP contribution >= 0.6 is 0 Å². The van der Waals surface area contributed by atoms with Crippen LogP contribution in [0, 0.1) is 0 Å². The molecule has 0 aromatic carbocycles. The first-order valence-electron chi connectivity index (χ1n) is 5.22. The number of rotatable bonds is 2. The fraction of sp³-hybridized carbons (Fsp3) is 0.583. The van der Waals surface area contributed by atoms with Crippen molar-refractivity contribution in [3.05, 3.63) is 24.4 Å². The smallest absolute Gasteiger partial charge is 0.128 e. The average molecular weight is 207 g/mol. The molecule has 1 saturated heterocycles. The summed E-state index contributed by atoms with van der Waals surface area (Å²) in [5.41, 5.74) is 0. The molecule has 0 atom stereocenters.